The van der Waals surface area contributed by atoms with Gasteiger partial charge in [-0.25, -0.2) is 12.8 Å². The first-order valence-electron chi connectivity index (χ1n) is 8.89. The average molecular weight is 408 g/mol. The third kappa shape index (κ3) is 4.05. The number of anilines is 1. The lowest BCUT2D eigenvalue weighted by Gasteiger charge is -2.06. The number of benzene rings is 3. The molecule has 0 aliphatic carbocycles. The molecule has 5 nitrogen and oxygen atoms in total. The SMILES string of the molecule is O=S(=O)(c1ccc(F)cc1)c1nc(-c2ccccc2)oc1NCc1ccccc1. The number of nitrogens with one attached hydrogen (secondary N) is 1. The Hall–Kier alpha value is -3.45. The van der Waals surface area contributed by atoms with Crippen LogP contribution in [0.3, 0.4) is 0 Å². The second-order valence-corrected chi connectivity index (χ2v) is 8.18. The van der Waals surface area contributed by atoms with Crippen LogP contribution >= 0.6 is 0 Å². The molecule has 4 aromatic rings. The van der Waals surface area contributed by atoms with Crippen molar-refractivity contribution in [3.63, 3.8) is 0 Å². The van der Waals surface area contributed by atoms with Gasteiger partial charge in [-0.15, -0.1) is 0 Å². The predicted octanol–water partition coefficient (Wildman–Crippen LogP) is 4.93. The highest BCUT2D eigenvalue weighted by molar-refractivity contribution is 7.91. The van der Waals surface area contributed by atoms with Crippen molar-refractivity contribution in [1.82, 2.24) is 4.98 Å². The molecule has 0 unspecified atom stereocenters. The number of hydrogen-bond donors (Lipinski definition) is 1. The summed E-state index contributed by atoms with van der Waals surface area (Å²) in [5.41, 5.74) is 1.60. The Balaban J connectivity index is 1.76. The molecule has 7 heteroatoms. The van der Waals surface area contributed by atoms with E-state index in [1.54, 1.807) is 12.1 Å². The Labute approximate surface area is 167 Å². The van der Waals surface area contributed by atoms with Gasteiger partial charge in [-0.05, 0) is 42.0 Å². The standard InChI is InChI=1S/C22H17FN2O3S/c23-18-11-13-19(14-12-18)29(26,27)22-21(24-15-16-7-3-1-4-8-16)28-20(25-22)17-9-5-2-6-10-17/h1-14,24H,15H2. The second kappa shape index (κ2) is 7.89. The van der Waals surface area contributed by atoms with Gasteiger partial charge in [0.05, 0.1) is 4.90 Å². The zero-order valence-electron chi connectivity index (χ0n) is 15.2. The summed E-state index contributed by atoms with van der Waals surface area (Å²) >= 11 is 0. The van der Waals surface area contributed by atoms with Gasteiger partial charge in [0.1, 0.15) is 5.82 Å². The minimum atomic E-state index is -4.01. The molecule has 0 radical (unpaired) electrons. The van der Waals surface area contributed by atoms with Crippen LogP contribution in [0.1, 0.15) is 5.56 Å². The summed E-state index contributed by atoms with van der Waals surface area (Å²) in [7, 11) is -4.01. The first-order chi connectivity index (χ1) is 14.0. The summed E-state index contributed by atoms with van der Waals surface area (Å²) < 4.78 is 45.3. The van der Waals surface area contributed by atoms with Crippen LogP contribution in [0, 0.1) is 5.82 Å². The summed E-state index contributed by atoms with van der Waals surface area (Å²) in [4.78, 5) is 4.19. The zero-order valence-corrected chi connectivity index (χ0v) is 16.1. The maximum atomic E-state index is 13.2. The Bertz CT molecular complexity index is 1210. The normalized spacial score (nSPS) is 11.3. The minimum absolute atomic E-state index is 0.0389. The van der Waals surface area contributed by atoms with Crippen LogP contribution in [0.5, 0.6) is 0 Å². The van der Waals surface area contributed by atoms with E-state index in [0.717, 1.165) is 17.7 Å². The van der Waals surface area contributed by atoms with Crippen LogP contribution in [0.2, 0.25) is 0 Å². The highest BCUT2D eigenvalue weighted by Crippen LogP contribution is 2.32. The van der Waals surface area contributed by atoms with Crippen molar-refractivity contribution < 1.29 is 17.2 Å². The molecule has 0 amide bonds. The zero-order chi connectivity index (χ0) is 20.3. The van der Waals surface area contributed by atoms with E-state index in [0.29, 0.717) is 12.1 Å². The van der Waals surface area contributed by atoms with Crippen molar-refractivity contribution in [1.29, 1.82) is 0 Å². The van der Waals surface area contributed by atoms with E-state index in [4.69, 9.17) is 4.42 Å². The van der Waals surface area contributed by atoms with Gasteiger partial charge >= 0.3 is 0 Å². The third-order valence-electron chi connectivity index (χ3n) is 4.29. The van der Waals surface area contributed by atoms with E-state index in [2.05, 4.69) is 10.3 Å². The monoisotopic (exact) mass is 408 g/mol. The molecule has 29 heavy (non-hydrogen) atoms. The van der Waals surface area contributed by atoms with Gasteiger partial charge < -0.3 is 9.73 Å². The van der Waals surface area contributed by atoms with Gasteiger partial charge in [-0.1, -0.05) is 48.5 Å². The molecule has 0 aliphatic rings. The minimum Gasteiger partial charge on any atom is -0.419 e. The average Bonchev–Trinajstić information content (AvgIpc) is 3.19. The van der Waals surface area contributed by atoms with E-state index in [-0.39, 0.29) is 21.7 Å². The highest BCUT2D eigenvalue weighted by Gasteiger charge is 2.28. The summed E-state index contributed by atoms with van der Waals surface area (Å²) in [5.74, 6) is -0.296. The summed E-state index contributed by atoms with van der Waals surface area (Å²) in [6, 6.07) is 23.2. The van der Waals surface area contributed by atoms with Crippen LogP contribution in [-0.4, -0.2) is 13.4 Å². The number of rotatable bonds is 6. The van der Waals surface area contributed by atoms with E-state index in [9.17, 15) is 12.8 Å². The van der Waals surface area contributed by atoms with E-state index in [1.165, 1.54) is 12.1 Å². The largest absolute Gasteiger partial charge is 0.419 e. The lowest BCUT2D eigenvalue weighted by Crippen LogP contribution is -2.07. The highest BCUT2D eigenvalue weighted by atomic mass is 32.2. The van der Waals surface area contributed by atoms with Crippen LogP contribution in [0.4, 0.5) is 10.3 Å². The topological polar surface area (TPSA) is 72.2 Å². The van der Waals surface area contributed by atoms with Crippen molar-refractivity contribution in [3.8, 4) is 11.5 Å². The van der Waals surface area contributed by atoms with Crippen LogP contribution < -0.4 is 5.32 Å². The molecular formula is C22H17FN2O3S. The number of hydrogen-bond acceptors (Lipinski definition) is 5. The van der Waals surface area contributed by atoms with Crippen molar-refractivity contribution in [3.05, 3.63) is 96.3 Å². The number of oxazole rings is 1. The van der Waals surface area contributed by atoms with Gasteiger partial charge in [0, 0.05) is 12.1 Å². The van der Waals surface area contributed by atoms with E-state index >= 15 is 0 Å². The second-order valence-electron chi connectivity index (χ2n) is 6.32. The van der Waals surface area contributed by atoms with Crippen molar-refractivity contribution >= 4 is 15.7 Å². The molecule has 0 fully saturated rings. The van der Waals surface area contributed by atoms with Gasteiger partial charge in [0.2, 0.25) is 26.6 Å². The number of halogens is 1. The summed E-state index contributed by atoms with van der Waals surface area (Å²) in [6.07, 6.45) is 0. The molecule has 0 saturated heterocycles. The molecule has 1 heterocycles. The molecule has 4 rings (SSSR count). The van der Waals surface area contributed by atoms with E-state index < -0.39 is 15.7 Å². The van der Waals surface area contributed by atoms with Gasteiger partial charge in [0.25, 0.3) is 0 Å². The van der Waals surface area contributed by atoms with Crippen molar-refractivity contribution in [2.24, 2.45) is 0 Å². The molecule has 1 aromatic heterocycles. The first-order valence-corrected chi connectivity index (χ1v) is 10.4. The Morgan fingerprint density at radius 2 is 1.48 bits per heavy atom. The molecule has 146 valence electrons. The molecular weight excluding hydrogens is 391 g/mol. The fourth-order valence-corrected chi connectivity index (χ4v) is 4.09. The molecule has 0 bridgehead atoms. The van der Waals surface area contributed by atoms with Gasteiger partial charge in [-0.3, -0.25) is 0 Å². The maximum Gasteiger partial charge on any atom is 0.234 e. The lowest BCUT2D eigenvalue weighted by atomic mass is 10.2. The Morgan fingerprint density at radius 3 is 2.14 bits per heavy atom. The lowest BCUT2D eigenvalue weighted by molar-refractivity contribution is 0.576. The first kappa shape index (κ1) is 18.9. The molecule has 0 aliphatic heterocycles. The van der Waals surface area contributed by atoms with Crippen LogP contribution in [0.15, 0.2) is 99.3 Å². The molecule has 3 aromatic carbocycles. The smallest absolute Gasteiger partial charge is 0.234 e. The van der Waals surface area contributed by atoms with Crippen molar-refractivity contribution in [2.45, 2.75) is 16.5 Å². The summed E-state index contributed by atoms with van der Waals surface area (Å²) in [5, 5.41) is 2.79. The van der Waals surface area contributed by atoms with Crippen molar-refractivity contribution in [2.75, 3.05) is 5.32 Å². The van der Waals surface area contributed by atoms with Gasteiger partial charge in [0.15, 0.2) is 0 Å². The molecule has 0 spiro atoms. The summed E-state index contributed by atoms with van der Waals surface area (Å²) in [6.45, 7) is 0.357. The molecule has 0 atom stereocenters. The van der Waals surface area contributed by atoms with Crippen LogP contribution in [-0.2, 0) is 16.4 Å². The third-order valence-corrected chi connectivity index (χ3v) is 5.97. The molecule has 1 N–H and O–H groups in total. The Morgan fingerprint density at radius 1 is 0.862 bits per heavy atom. The molecule has 0 saturated carbocycles. The fourth-order valence-electron chi connectivity index (χ4n) is 2.81. The van der Waals surface area contributed by atoms with E-state index in [1.807, 2.05) is 48.5 Å². The Kier molecular flexibility index (Phi) is 5.14. The fraction of sp³-hybridized carbons (Fsp3) is 0.0455. The number of sulfone groups is 1. The van der Waals surface area contributed by atoms with Gasteiger partial charge in [-0.2, -0.15) is 4.98 Å². The number of nitrogens with zero attached hydrogens (tertiary/aromatic N) is 1. The number of aromatic nitrogens is 1. The van der Waals surface area contributed by atoms with Crippen LogP contribution in [0.25, 0.3) is 11.5 Å². The predicted molar refractivity (Wildman–Crippen MR) is 108 cm³/mol. The quantitative estimate of drug-likeness (QED) is 0.458. The maximum absolute atomic E-state index is 13.2.